The molecule has 2 amide bonds. The predicted octanol–water partition coefficient (Wildman–Crippen LogP) is 2.45. The molecule has 0 fully saturated rings. The van der Waals surface area contributed by atoms with Crippen LogP contribution in [0.1, 0.15) is 67.2 Å². The lowest BCUT2D eigenvalue weighted by Gasteiger charge is -2.40. The molecule has 4 unspecified atom stereocenters. The molecule has 3 heterocycles. The summed E-state index contributed by atoms with van der Waals surface area (Å²) in [5.41, 5.74) is 7.51. The van der Waals surface area contributed by atoms with Gasteiger partial charge in [0.15, 0.2) is 5.96 Å². The summed E-state index contributed by atoms with van der Waals surface area (Å²) in [5, 5.41) is 13.9. The highest BCUT2D eigenvalue weighted by molar-refractivity contribution is 5.99. The number of ether oxygens (including phenoxy) is 2. The molecule has 3 aliphatic rings. The Morgan fingerprint density at radius 1 is 1.20 bits per heavy atom. The average Bonchev–Trinajstić information content (AvgIpc) is 2.78. The number of carbonyl (C=O) groups excluding carboxylic acids is 2. The zero-order valence-corrected chi connectivity index (χ0v) is 20.0. The second-order valence-electron chi connectivity index (χ2n) is 10.0. The van der Waals surface area contributed by atoms with E-state index in [0.717, 1.165) is 11.3 Å². The molecule has 0 aromatic heterocycles. The molecule has 0 aliphatic carbocycles. The maximum absolute atomic E-state index is 13.4. The second-order valence-corrected chi connectivity index (χ2v) is 10.0. The highest BCUT2D eigenvalue weighted by Crippen LogP contribution is 2.40. The maximum Gasteiger partial charge on any atom is 0.251 e. The zero-order chi connectivity index (χ0) is 24.9. The van der Waals surface area contributed by atoms with E-state index in [2.05, 4.69) is 10.3 Å². The highest BCUT2D eigenvalue weighted by atomic mass is 16.5. The molecule has 5 rings (SSSR count). The van der Waals surface area contributed by atoms with Gasteiger partial charge in [0.25, 0.3) is 5.91 Å². The minimum Gasteiger partial charge on any atom is -0.490 e. The number of fused-ring (bicyclic) bond motifs is 2. The Balaban J connectivity index is 1.46. The fourth-order valence-corrected chi connectivity index (χ4v) is 5.12. The molecule has 3 aliphatic heterocycles. The van der Waals surface area contributed by atoms with Gasteiger partial charge in [0.1, 0.15) is 29.8 Å². The third-order valence-electron chi connectivity index (χ3n) is 6.66. The van der Waals surface area contributed by atoms with E-state index in [9.17, 15) is 14.7 Å². The number of hydrogen-bond donors (Lipinski definition) is 3. The molecule has 184 valence electrons. The molecule has 4 N–H and O–H groups in total. The van der Waals surface area contributed by atoms with Gasteiger partial charge in [0.05, 0.1) is 18.1 Å². The van der Waals surface area contributed by atoms with Gasteiger partial charge in [-0.05, 0) is 45.0 Å². The molecule has 0 bridgehead atoms. The third-order valence-corrected chi connectivity index (χ3v) is 6.66. The first-order valence-corrected chi connectivity index (χ1v) is 11.8. The summed E-state index contributed by atoms with van der Waals surface area (Å²) in [6, 6.07) is 11.5. The van der Waals surface area contributed by atoms with E-state index in [1.807, 2.05) is 45.0 Å². The van der Waals surface area contributed by atoms with Crippen molar-refractivity contribution in [3.63, 3.8) is 0 Å². The van der Waals surface area contributed by atoms with Crippen LogP contribution in [0, 0.1) is 0 Å². The number of benzene rings is 2. The van der Waals surface area contributed by atoms with E-state index in [1.54, 1.807) is 18.2 Å². The summed E-state index contributed by atoms with van der Waals surface area (Å²) in [6.45, 7) is 5.80. The molecular weight excluding hydrogens is 448 g/mol. The SMILES string of the molecule is CC1CC(=O)N(C2c3cc(C(=O)NC4CC(C)(C)Oc5ccccc54)ccc3OCC2O)C(N)=N1. The summed E-state index contributed by atoms with van der Waals surface area (Å²) in [5.74, 6) is 0.806. The number of nitrogens with two attached hydrogens (primary N) is 1. The number of aliphatic hydroxyl groups is 1. The maximum atomic E-state index is 13.4. The number of aliphatic hydroxyl groups excluding tert-OH is 1. The van der Waals surface area contributed by atoms with Crippen LogP contribution in [-0.4, -0.2) is 52.1 Å². The van der Waals surface area contributed by atoms with E-state index >= 15 is 0 Å². The van der Waals surface area contributed by atoms with Crippen LogP contribution in [0.25, 0.3) is 0 Å². The molecule has 0 saturated heterocycles. The van der Waals surface area contributed by atoms with Gasteiger partial charge in [0.2, 0.25) is 5.91 Å². The van der Waals surface area contributed by atoms with Crippen molar-refractivity contribution in [3.05, 3.63) is 59.2 Å². The molecule has 0 saturated carbocycles. The first kappa shape index (κ1) is 23.2. The largest absolute Gasteiger partial charge is 0.490 e. The number of amides is 2. The number of para-hydroxylation sites is 1. The van der Waals surface area contributed by atoms with Gasteiger partial charge < -0.3 is 25.6 Å². The van der Waals surface area contributed by atoms with Crippen molar-refractivity contribution >= 4 is 17.8 Å². The van der Waals surface area contributed by atoms with Crippen LogP contribution in [0.15, 0.2) is 47.5 Å². The number of carbonyl (C=O) groups is 2. The Hall–Kier alpha value is -3.59. The molecule has 9 nitrogen and oxygen atoms in total. The fourth-order valence-electron chi connectivity index (χ4n) is 5.12. The van der Waals surface area contributed by atoms with Crippen LogP contribution in [0.2, 0.25) is 0 Å². The first-order valence-electron chi connectivity index (χ1n) is 11.8. The molecule has 2 aromatic carbocycles. The number of nitrogens with one attached hydrogen (secondary N) is 1. The van der Waals surface area contributed by atoms with Crippen LogP contribution in [0.4, 0.5) is 0 Å². The van der Waals surface area contributed by atoms with Crippen molar-refractivity contribution in [3.8, 4) is 11.5 Å². The number of rotatable bonds is 3. The molecule has 2 aromatic rings. The summed E-state index contributed by atoms with van der Waals surface area (Å²) < 4.78 is 11.8. The average molecular weight is 479 g/mol. The zero-order valence-electron chi connectivity index (χ0n) is 20.0. The third kappa shape index (κ3) is 4.32. The lowest BCUT2D eigenvalue weighted by atomic mass is 9.89. The van der Waals surface area contributed by atoms with Crippen LogP contribution < -0.4 is 20.5 Å². The monoisotopic (exact) mass is 478 g/mol. The van der Waals surface area contributed by atoms with Gasteiger partial charge in [-0.15, -0.1) is 0 Å². The normalized spacial score (nSPS) is 27.0. The lowest BCUT2D eigenvalue weighted by molar-refractivity contribution is -0.133. The topological polar surface area (TPSA) is 126 Å². The number of aliphatic imine (C=N–C) groups is 1. The predicted molar refractivity (Wildman–Crippen MR) is 129 cm³/mol. The minimum atomic E-state index is -1.02. The van der Waals surface area contributed by atoms with Gasteiger partial charge in [-0.1, -0.05) is 18.2 Å². The van der Waals surface area contributed by atoms with Crippen LogP contribution >= 0.6 is 0 Å². The summed E-state index contributed by atoms with van der Waals surface area (Å²) in [4.78, 5) is 31.9. The smallest absolute Gasteiger partial charge is 0.251 e. The quantitative estimate of drug-likeness (QED) is 0.622. The van der Waals surface area contributed by atoms with Crippen molar-refractivity contribution in [2.24, 2.45) is 10.7 Å². The summed E-state index contributed by atoms with van der Waals surface area (Å²) in [6.07, 6.45) is -0.215. The Morgan fingerprint density at radius 2 is 1.97 bits per heavy atom. The standard InChI is InChI=1S/C26H30N4O5/c1-14-10-22(32)30(25(27)28-14)23-17-11-15(8-9-20(17)34-13-19(23)31)24(33)29-18-12-26(2,3)35-21-7-5-4-6-16(18)21/h4-9,11,14,18-19,23,31H,10,12-13H2,1-3H3,(H2,27,28)(H,29,33). The van der Waals surface area contributed by atoms with E-state index < -0.39 is 17.7 Å². The second kappa shape index (κ2) is 8.57. The van der Waals surface area contributed by atoms with Gasteiger partial charge in [-0.3, -0.25) is 14.5 Å². The van der Waals surface area contributed by atoms with E-state index in [0.29, 0.717) is 23.3 Å². The van der Waals surface area contributed by atoms with Crippen molar-refractivity contribution in [1.29, 1.82) is 0 Å². The molecule has 35 heavy (non-hydrogen) atoms. The van der Waals surface area contributed by atoms with Crippen molar-refractivity contribution < 1.29 is 24.2 Å². The Bertz CT molecular complexity index is 1210. The van der Waals surface area contributed by atoms with Gasteiger partial charge in [-0.2, -0.15) is 0 Å². The van der Waals surface area contributed by atoms with Gasteiger partial charge in [-0.25, -0.2) is 4.99 Å². The first-order chi connectivity index (χ1) is 16.6. The van der Waals surface area contributed by atoms with E-state index in [4.69, 9.17) is 15.2 Å². The molecule has 0 radical (unpaired) electrons. The molecule has 9 heteroatoms. The van der Waals surface area contributed by atoms with Gasteiger partial charge >= 0.3 is 0 Å². The highest BCUT2D eigenvalue weighted by Gasteiger charge is 2.41. The van der Waals surface area contributed by atoms with Crippen LogP contribution in [0.3, 0.4) is 0 Å². The number of hydrogen-bond acceptors (Lipinski definition) is 7. The Morgan fingerprint density at radius 3 is 2.74 bits per heavy atom. The lowest BCUT2D eigenvalue weighted by Crippen LogP contribution is -2.53. The number of guanidine groups is 1. The fraction of sp³-hybridized carbons (Fsp3) is 0.423. The van der Waals surface area contributed by atoms with E-state index in [-0.39, 0.29) is 42.9 Å². The van der Waals surface area contributed by atoms with Crippen molar-refractivity contribution in [1.82, 2.24) is 10.2 Å². The van der Waals surface area contributed by atoms with Crippen LogP contribution in [0.5, 0.6) is 11.5 Å². The molecule has 4 atom stereocenters. The van der Waals surface area contributed by atoms with Crippen molar-refractivity contribution in [2.45, 2.75) is 63.4 Å². The Kier molecular flexibility index (Phi) is 5.67. The summed E-state index contributed by atoms with van der Waals surface area (Å²) >= 11 is 0. The minimum absolute atomic E-state index is 0.00373. The van der Waals surface area contributed by atoms with Crippen molar-refractivity contribution in [2.75, 3.05) is 6.61 Å². The Labute approximate surface area is 203 Å². The van der Waals surface area contributed by atoms with Gasteiger partial charge in [0, 0.05) is 29.5 Å². The summed E-state index contributed by atoms with van der Waals surface area (Å²) in [7, 11) is 0. The molecule has 0 spiro atoms. The molecular formula is C26H30N4O5. The van der Waals surface area contributed by atoms with Crippen LogP contribution in [-0.2, 0) is 4.79 Å². The number of nitrogens with zero attached hydrogens (tertiary/aromatic N) is 2. The van der Waals surface area contributed by atoms with E-state index in [1.165, 1.54) is 4.90 Å².